The highest BCUT2D eigenvalue weighted by Gasteiger charge is 2.06. The second-order valence-corrected chi connectivity index (χ2v) is 7.15. The molecule has 0 radical (unpaired) electrons. The van der Waals surface area contributed by atoms with E-state index in [9.17, 15) is 9.59 Å². The maximum Gasteiger partial charge on any atom is 0.341 e. The molecule has 0 saturated heterocycles. The van der Waals surface area contributed by atoms with E-state index >= 15 is 0 Å². The Morgan fingerprint density at radius 3 is 2.59 bits per heavy atom. The summed E-state index contributed by atoms with van der Waals surface area (Å²) in [7, 11) is 0. The normalized spacial score (nSPS) is 10.7. The highest BCUT2D eigenvalue weighted by molar-refractivity contribution is 7.18. The largest absolute Gasteiger partial charge is 0.482 e. The van der Waals surface area contributed by atoms with Gasteiger partial charge in [0.25, 0.3) is 0 Å². The lowest BCUT2D eigenvalue weighted by molar-refractivity contribution is -0.139. The Morgan fingerprint density at radius 1 is 1.07 bits per heavy atom. The summed E-state index contributed by atoms with van der Waals surface area (Å²) in [4.78, 5) is 27.1. The lowest BCUT2D eigenvalue weighted by Crippen LogP contribution is -2.11. The van der Waals surface area contributed by atoms with Gasteiger partial charge in [-0.3, -0.25) is 4.79 Å². The first-order valence-corrected chi connectivity index (χ1v) is 9.51. The first-order valence-electron chi connectivity index (χ1n) is 8.69. The average Bonchev–Trinajstić information content (AvgIpc) is 3.07. The van der Waals surface area contributed by atoms with Crippen LogP contribution in [0.1, 0.15) is 24.3 Å². The number of nitrogens with one attached hydrogen (secondary N) is 1. The molecular weight excluding hydrogens is 364 g/mol. The number of carboxylic acids is 1. The maximum atomic E-state index is 12.0. The van der Waals surface area contributed by atoms with Crippen LogP contribution in [0.5, 0.6) is 5.75 Å². The maximum absolute atomic E-state index is 12.0. The molecule has 0 aliphatic carbocycles. The molecule has 0 aliphatic heterocycles. The minimum Gasteiger partial charge on any atom is -0.482 e. The predicted molar refractivity (Wildman–Crippen MR) is 105 cm³/mol. The zero-order valence-corrected chi connectivity index (χ0v) is 15.5. The van der Waals surface area contributed by atoms with Crippen LogP contribution in [0.25, 0.3) is 10.2 Å². The molecule has 27 heavy (non-hydrogen) atoms. The summed E-state index contributed by atoms with van der Waals surface area (Å²) in [5.74, 6) is -0.622. The number of hydrogen-bond donors (Lipinski definition) is 2. The quantitative estimate of drug-likeness (QED) is 0.542. The molecule has 3 rings (SSSR count). The lowest BCUT2D eigenvalue weighted by atomic mass is 10.2. The van der Waals surface area contributed by atoms with Crippen LogP contribution in [-0.2, 0) is 16.0 Å². The van der Waals surface area contributed by atoms with Crippen molar-refractivity contribution in [3.8, 4) is 5.75 Å². The van der Waals surface area contributed by atoms with E-state index in [1.165, 1.54) is 4.70 Å². The average molecular weight is 384 g/mol. The van der Waals surface area contributed by atoms with E-state index in [0.29, 0.717) is 17.9 Å². The van der Waals surface area contributed by atoms with Crippen molar-refractivity contribution < 1.29 is 19.4 Å². The molecule has 0 atom stereocenters. The van der Waals surface area contributed by atoms with Crippen molar-refractivity contribution in [3.63, 3.8) is 0 Å². The van der Waals surface area contributed by atoms with Crippen LogP contribution in [0.4, 0.5) is 5.69 Å². The van der Waals surface area contributed by atoms with Crippen molar-refractivity contribution in [2.24, 2.45) is 0 Å². The zero-order valence-electron chi connectivity index (χ0n) is 14.7. The van der Waals surface area contributed by atoms with Crippen LogP contribution < -0.4 is 10.1 Å². The van der Waals surface area contributed by atoms with Gasteiger partial charge in [0, 0.05) is 12.1 Å². The van der Waals surface area contributed by atoms with Crippen molar-refractivity contribution in [2.45, 2.75) is 25.7 Å². The number of thiazole rings is 1. The number of fused-ring (bicyclic) bond motifs is 1. The highest BCUT2D eigenvalue weighted by atomic mass is 32.1. The van der Waals surface area contributed by atoms with Gasteiger partial charge in [0.1, 0.15) is 5.75 Å². The molecule has 7 heteroatoms. The van der Waals surface area contributed by atoms with E-state index in [1.807, 2.05) is 18.2 Å². The molecule has 0 unspecified atom stereocenters. The van der Waals surface area contributed by atoms with E-state index in [4.69, 9.17) is 9.84 Å². The summed E-state index contributed by atoms with van der Waals surface area (Å²) in [6.45, 7) is -0.389. The number of nitrogens with zero attached hydrogens (tertiary/aromatic N) is 1. The molecule has 1 aromatic heterocycles. The number of unbranched alkanes of at least 4 members (excludes halogenated alkanes) is 1. The summed E-state index contributed by atoms with van der Waals surface area (Å²) in [5.41, 5.74) is 1.69. The second kappa shape index (κ2) is 9.14. The predicted octanol–water partition coefficient (Wildman–Crippen LogP) is 4.11. The van der Waals surface area contributed by atoms with E-state index in [1.54, 1.807) is 35.6 Å². The summed E-state index contributed by atoms with van der Waals surface area (Å²) in [6, 6.07) is 14.7. The highest BCUT2D eigenvalue weighted by Crippen LogP contribution is 2.23. The number of aliphatic carboxylic acids is 1. The van der Waals surface area contributed by atoms with Gasteiger partial charge < -0.3 is 15.2 Å². The Kier molecular flexibility index (Phi) is 6.38. The number of para-hydroxylation sites is 1. The van der Waals surface area contributed by atoms with Crippen molar-refractivity contribution in [1.82, 2.24) is 4.98 Å². The molecule has 1 heterocycles. The van der Waals surface area contributed by atoms with Gasteiger partial charge in [-0.25, -0.2) is 9.78 Å². The van der Waals surface area contributed by atoms with Gasteiger partial charge in [-0.15, -0.1) is 11.3 Å². The third-order valence-corrected chi connectivity index (χ3v) is 4.98. The second-order valence-electron chi connectivity index (χ2n) is 6.04. The van der Waals surface area contributed by atoms with Crippen molar-refractivity contribution in [2.75, 3.05) is 11.9 Å². The number of ether oxygens (including phenoxy) is 1. The minimum atomic E-state index is -1.03. The number of anilines is 1. The van der Waals surface area contributed by atoms with E-state index in [2.05, 4.69) is 16.4 Å². The van der Waals surface area contributed by atoms with E-state index in [-0.39, 0.29) is 12.5 Å². The first-order chi connectivity index (χ1) is 13.1. The van der Waals surface area contributed by atoms with E-state index < -0.39 is 5.97 Å². The monoisotopic (exact) mass is 384 g/mol. The molecule has 3 aromatic rings. The van der Waals surface area contributed by atoms with Crippen LogP contribution in [0.2, 0.25) is 0 Å². The Balaban J connectivity index is 1.38. The topological polar surface area (TPSA) is 88.5 Å². The first kappa shape index (κ1) is 18.8. The molecular formula is C20H20N2O4S. The molecule has 0 bridgehead atoms. The number of carboxylic acid groups (broad SMARTS) is 1. The zero-order chi connectivity index (χ0) is 19.1. The third-order valence-electron chi connectivity index (χ3n) is 3.88. The van der Waals surface area contributed by atoms with E-state index in [0.717, 1.165) is 29.8 Å². The van der Waals surface area contributed by atoms with Crippen LogP contribution in [0.3, 0.4) is 0 Å². The summed E-state index contributed by atoms with van der Waals surface area (Å²) in [5, 5.41) is 12.5. The van der Waals surface area contributed by atoms with Gasteiger partial charge in [0.2, 0.25) is 5.91 Å². The number of amides is 1. The van der Waals surface area contributed by atoms with Crippen LogP contribution in [-0.4, -0.2) is 28.6 Å². The summed E-state index contributed by atoms with van der Waals surface area (Å²) < 4.78 is 6.25. The van der Waals surface area contributed by atoms with Gasteiger partial charge in [0.15, 0.2) is 6.61 Å². The Hall–Kier alpha value is -2.93. The summed E-state index contributed by atoms with van der Waals surface area (Å²) in [6.07, 6.45) is 3.03. The Morgan fingerprint density at radius 2 is 1.85 bits per heavy atom. The van der Waals surface area contributed by atoms with Crippen LogP contribution >= 0.6 is 11.3 Å². The number of rotatable bonds is 9. The number of carbonyl (C=O) groups excluding carboxylic acids is 1. The number of aryl methyl sites for hydroxylation is 1. The number of hydrogen-bond acceptors (Lipinski definition) is 5. The Labute approximate surface area is 160 Å². The van der Waals surface area contributed by atoms with Gasteiger partial charge in [0.05, 0.1) is 15.2 Å². The van der Waals surface area contributed by atoms with Gasteiger partial charge in [-0.05, 0) is 55.7 Å². The van der Waals surface area contributed by atoms with Crippen LogP contribution in [0, 0.1) is 0 Å². The number of aromatic nitrogens is 1. The Bertz CT molecular complexity index is 888. The molecule has 0 fully saturated rings. The minimum absolute atomic E-state index is 0.0431. The standard InChI is InChI=1S/C20H20N2O4S/c23-18(21-14-9-11-15(12-10-14)26-13-20(24)25)7-3-4-8-19-22-16-5-1-2-6-17(16)27-19/h1-2,5-6,9-12H,3-4,7-8,13H2,(H,21,23)(H,24,25). The summed E-state index contributed by atoms with van der Waals surface area (Å²) >= 11 is 1.71. The van der Waals surface area contributed by atoms with Crippen molar-refractivity contribution >= 4 is 39.1 Å². The fourth-order valence-electron chi connectivity index (χ4n) is 2.59. The fourth-order valence-corrected chi connectivity index (χ4v) is 3.60. The molecule has 140 valence electrons. The van der Waals surface area contributed by atoms with Crippen molar-refractivity contribution in [1.29, 1.82) is 0 Å². The molecule has 6 nitrogen and oxygen atoms in total. The van der Waals surface area contributed by atoms with Gasteiger partial charge in [-0.2, -0.15) is 0 Å². The fraction of sp³-hybridized carbons (Fsp3) is 0.250. The molecule has 0 spiro atoms. The third kappa shape index (κ3) is 5.79. The SMILES string of the molecule is O=C(O)COc1ccc(NC(=O)CCCCc2nc3ccccc3s2)cc1. The van der Waals surface area contributed by atoms with Crippen molar-refractivity contribution in [3.05, 3.63) is 53.5 Å². The molecule has 0 saturated carbocycles. The molecule has 2 aromatic carbocycles. The van der Waals surface area contributed by atoms with Gasteiger partial charge in [-0.1, -0.05) is 12.1 Å². The number of benzene rings is 2. The smallest absolute Gasteiger partial charge is 0.341 e. The molecule has 0 aliphatic rings. The number of carbonyl (C=O) groups is 2. The van der Waals surface area contributed by atoms with Gasteiger partial charge >= 0.3 is 5.97 Å². The molecule has 2 N–H and O–H groups in total. The lowest BCUT2D eigenvalue weighted by Gasteiger charge is -2.07. The van der Waals surface area contributed by atoms with Crippen LogP contribution in [0.15, 0.2) is 48.5 Å². The molecule has 1 amide bonds.